The fraction of sp³-hybridized carbons (Fsp3) is 0.458. The molecule has 1 fully saturated rings. The van der Waals surface area contributed by atoms with Crippen molar-refractivity contribution in [2.24, 2.45) is 0 Å². The van der Waals surface area contributed by atoms with Gasteiger partial charge in [-0.15, -0.1) is 0 Å². The van der Waals surface area contributed by atoms with Crippen LogP contribution < -0.4 is 5.32 Å². The Labute approximate surface area is 190 Å². The first kappa shape index (κ1) is 24.5. The van der Waals surface area contributed by atoms with E-state index in [4.69, 9.17) is 0 Å². The van der Waals surface area contributed by atoms with Gasteiger partial charge >= 0.3 is 6.18 Å². The molecule has 1 aliphatic heterocycles. The Bertz CT molecular complexity index is 1010. The summed E-state index contributed by atoms with van der Waals surface area (Å²) in [6.07, 6.45) is -3.13. The minimum atomic E-state index is -4.40. The topological polar surface area (TPSA) is 75.5 Å². The molecule has 0 aromatic heterocycles. The summed E-state index contributed by atoms with van der Waals surface area (Å²) in [6.45, 7) is 7.07. The van der Waals surface area contributed by atoms with E-state index in [2.05, 4.69) is 5.32 Å². The number of benzene rings is 2. The van der Waals surface area contributed by atoms with E-state index in [9.17, 15) is 28.1 Å². The fourth-order valence-corrected chi connectivity index (χ4v) is 3.87. The molecule has 0 spiro atoms. The lowest BCUT2D eigenvalue weighted by Crippen LogP contribution is -2.43. The average molecular weight is 464 g/mol. The zero-order chi connectivity index (χ0) is 24.4. The fourth-order valence-electron chi connectivity index (χ4n) is 3.87. The third kappa shape index (κ3) is 6.24. The Kier molecular flexibility index (Phi) is 7.00. The van der Waals surface area contributed by atoms with Crippen molar-refractivity contribution in [3.05, 3.63) is 69.3 Å². The molecule has 9 heteroatoms. The highest BCUT2D eigenvalue weighted by Crippen LogP contribution is 2.33. The number of likely N-dealkylation sites (tertiary alicyclic amines) is 1. The van der Waals surface area contributed by atoms with Gasteiger partial charge in [0.2, 0.25) is 5.91 Å². The van der Waals surface area contributed by atoms with Gasteiger partial charge in [0.15, 0.2) is 0 Å². The normalized spacial score (nSPS) is 15.4. The quantitative estimate of drug-likeness (QED) is 0.466. The van der Waals surface area contributed by atoms with Crippen LogP contribution in [-0.4, -0.2) is 34.9 Å². The summed E-state index contributed by atoms with van der Waals surface area (Å²) in [5.74, 6) is -0.145. The number of nitrogens with zero attached hydrogens (tertiary/aromatic N) is 2. The molecule has 1 aliphatic rings. The minimum absolute atomic E-state index is 0.0174. The molecule has 0 bridgehead atoms. The van der Waals surface area contributed by atoms with Crippen LogP contribution in [0.5, 0.6) is 0 Å². The lowest BCUT2D eigenvalue weighted by molar-refractivity contribution is -0.384. The van der Waals surface area contributed by atoms with Gasteiger partial charge in [-0.05, 0) is 47.6 Å². The number of amides is 1. The molecular weight excluding hydrogens is 435 g/mol. The summed E-state index contributed by atoms with van der Waals surface area (Å²) in [6, 6.07) is 9.72. The second kappa shape index (κ2) is 9.41. The van der Waals surface area contributed by atoms with Gasteiger partial charge < -0.3 is 10.2 Å². The Morgan fingerprint density at radius 2 is 1.64 bits per heavy atom. The van der Waals surface area contributed by atoms with Gasteiger partial charge in [-0.25, -0.2) is 0 Å². The Balaban J connectivity index is 1.60. The zero-order valence-electron chi connectivity index (χ0n) is 18.9. The molecule has 0 unspecified atom stereocenters. The molecule has 0 atom stereocenters. The van der Waals surface area contributed by atoms with E-state index in [0.717, 1.165) is 17.7 Å². The molecule has 1 amide bonds. The maximum Gasteiger partial charge on any atom is 0.416 e. The number of rotatable bonds is 5. The number of carbonyl (C=O) groups excluding carboxylic acids is 1. The number of anilines is 1. The predicted molar refractivity (Wildman–Crippen MR) is 120 cm³/mol. The van der Waals surface area contributed by atoms with Crippen LogP contribution in [0.25, 0.3) is 0 Å². The van der Waals surface area contributed by atoms with Crippen molar-refractivity contribution in [3.8, 4) is 0 Å². The van der Waals surface area contributed by atoms with Crippen LogP contribution in [0.3, 0.4) is 0 Å². The molecule has 1 N–H and O–H groups in total. The van der Waals surface area contributed by atoms with Crippen molar-refractivity contribution >= 4 is 17.3 Å². The second-order valence-electron chi connectivity index (χ2n) is 9.41. The number of nitrogens with one attached hydrogen (secondary N) is 1. The van der Waals surface area contributed by atoms with Gasteiger partial charge in [0.05, 0.1) is 16.9 Å². The standard InChI is InChI=1S/C24H28F3N3O3/c1-23(2,3)18-8-9-21(30(32)33)20(15-18)28-19-10-12-29(13-11-19)22(31)14-16-4-6-17(7-5-16)24(25,26)27/h4-9,15,19,28H,10-14H2,1-3H3. The Morgan fingerprint density at radius 3 is 2.15 bits per heavy atom. The van der Waals surface area contributed by atoms with E-state index in [-0.39, 0.29) is 29.5 Å². The third-order valence-electron chi connectivity index (χ3n) is 5.90. The van der Waals surface area contributed by atoms with E-state index in [1.807, 2.05) is 26.8 Å². The lowest BCUT2D eigenvalue weighted by atomic mass is 9.86. The largest absolute Gasteiger partial charge is 0.416 e. The van der Waals surface area contributed by atoms with Crippen molar-refractivity contribution in [1.29, 1.82) is 0 Å². The molecule has 2 aromatic rings. The highest BCUT2D eigenvalue weighted by molar-refractivity contribution is 5.79. The summed E-state index contributed by atoms with van der Waals surface area (Å²) in [5.41, 5.74) is 1.11. The van der Waals surface area contributed by atoms with Gasteiger partial charge in [-0.2, -0.15) is 13.2 Å². The van der Waals surface area contributed by atoms with E-state index in [1.165, 1.54) is 18.2 Å². The van der Waals surface area contributed by atoms with Crippen LogP contribution in [0, 0.1) is 10.1 Å². The Morgan fingerprint density at radius 1 is 1.06 bits per heavy atom. The minimum Gasteiger partial charge on any atom is -0.377 e. The number of carbonyl (C=O) groups is 1. The highest BCUT2D eigenvalue weighted by Gasteiger charge is 2.30. The summed E-state index contributed by atoms with van der Waals surface area (Å²) >= 11 is 0. The van der Waals surface area contributed by atoms with Crippen LogP contribution in [0.1, 0.15) is 50.3 Å². The molecule has 0 aliphatic carbocycles. The molecule has 6 nitrogen and oxygen atoms in total. The average Bonchev–Trinajstić information content (AvgIpc) is 2.73. The van der Waals surface area contributed by atoms with Crippen molar-refractivity contribution < 1.29 is 22.9 Å². The maximum absolute atomic E-state index is 12.7. The zero-order valence-corrected chi connectivity index (χ0v) is 18.9. The van der Waals surface area contributed by atoms with Crippen LogP contribution in [0.4, 0.5) is 24.5 Å². The maximum atomic E-state index is 12.7. The van der Waals surface area contributed by atoms with E-state index < -0.39 is 16.7 Å². The van der Waals surface area contributed by atoms with Crippen LogP contribution in [-0.2, 0) is 22.8 Å². The number of nitro benzene ring substituents is 1. The van der Waals surface area contributed by atoms with Gasteiger partial charge in [0.1, 0.15) is 5.69 Å². The van der Waals surface area contributed by atoms with E-state index in [1.54, 1.807) is 11.0 Å². The molecule has 178 valence electrons. The number of piperidine rings is 1. The van der Waals surface area contributed by atoms with Crippen LogP contribution >= 0.6 is 0 Å². The van der Waals surface area contributed by atoms with Crippen molar-refractivity contribution in [2.45, 2.75) is 57.7 Å². The monoisotopic (exact) mass is 463 g/mol. The molecular formula is C24H28F3N3O3. The van der Waals surface area contributed by atoms with E-state index in [0.29, 0.717) is 37.2 Å². The summed E-state index contributed by atoms with van der Waals surface area (Å²) in [7, 11) is 0. The SMILES string of the molecule is CC(C)(C)c1ccc([N+](=O)[O-])c(NC2CCN(C(=O)Cc3ccc(C(F)(F)F)cc3)CC2)c1. The van der Waals surface area contributed by atoms with Crippen LogP contribution in [0.15, 0.2) is 42.5 Å². The summed E-state index contributed by atoms with van der Waals surface area (Å²) in [5, 5.41) is 14.8. The molecule has 2 aromatic carbocycles. The molecule has 1 heterocycles. The smallest absolute Gasteiger partial charge is 0.377 e. The molecule has 3 rings (SSSR count). The summed E-state index contributed by atoms with van der Waals surface area (Å²) < 4.78 is 38.1. The van der Waals surface area contributed by atoms with Gasteiger partial charge in [0.25, 0.3) is 5.69 Å². The molecule has 1 saturated heterocycles. The predicted octanol–water partition coefficient (Wildman–Crippen LogP) is 5.56. The van der Waals surface area contributed by atoms with Gasteiger partial charge in [-0.3, -0.25) is 14.9 Å². The number of halogens is 3. The molecule has 0 radical (unpaired) electrons. The Hall–Kier alpha value is -3.10. The second-order valence-corrected chi connectivity index (χ2v) is 9.41. The lowest BCUT2D eigenvalue weighted by Gasteiger charge is -2.33. The van der Waals surface area contributed by atoms with Crippen molar-refractivity contribution in [2.75, 3.05) is 18.4 Å². The highest BCUT2D eigenvalue weighted by atomic mass is 19.4. The van der Waals surface area contributed by atoms with Crippen molar-refractivity contribution in [3.63, 3.8) is 0 Å². The number of alkyl halides is 3. The summed E-state index contributed by atoms with van der Waals surface area (Å²) in [4.78, 5) is 25.4. The third-order valence-corrected chi connectivity index (χ3v) is 5.90. The first-order chi connectivity index (χ1) is 15.3. The first-order valence-electron chi connectivity index (χ1n) is 10.8. The van der Waals surface area contributed by atoms with E-state index >= 15 is 0 Å². The number of hydrogen-bond donors (Lipinski definition) is 1. The van der Waals surface area contributed by atoms with Gasteiger partial charge in [0, 0.05) is 25.2 Å². The number of nitro groups is 1. The number of hydrogen-bond acceptors (Lipinski definition) is 4. The van der Waals surface area contributed by atoms with Gasteiger partial charge in [-0.1, -0.05) is 39.0 Å². The first-order valence-corrected chi connectivity index (χ1v) is 10.8. The van der Waals surface area contributed by atoms with Crippen molar-refractivity contribution in [1.82, 2.24) is 4.90 Å². The molecule has 0 saturated carbocycles. The molecule has 33 heavy (non-hydrogen) atoms. The van der Waals surface area contributed by atoms with Crippen LogP contribution in [0.2, 0.25) is 0 Å².